The van der Waals surface area contributed by atoms with E-state index in [1.807, 2.05) is 16.8 Å². The van der Waals surface area contributed by atoms with Crippen LogP contribution in [0.1, 0.15) is 29.7 Å². The second-order valence-electron chi connectivity index (χ2n) is 3.85. The first-order valence-electron chi connectivity index (χ1n) is 5.68. The summed E-state index contributed by atoms with van der Waals surface area (Å²) >= 11 is 3.38. The molecular weight excluding hydrogens is 298 g/mol. The Labute approximate surface area is 113 Å². The zero-order valence-electron chi connectivity index (χ0n) is 9.98. The number of aryl methyl sites for hydroxylation is 1. The van der Waals surface area contributed by atoms with Crippen molar-refractivity contribution in [3.05, 3.63) is 34.6 Å². The maximum Gasteiger partial charge on any atom is 0.268 e. The molecule has 0 fully saturated rings. The van der Waals surface area contributed by atoms with Gasteiger partial charge in [-0.25, -0.2) is 4.98 Å². The van der Waals surface area contributed by atoms with Crippen LogP contribution in [0, 0.1) is 0 Å². The number of rotatable bonds is 5. The number of aromatic amines is 1. The van der Waals surface area contributed by atoms with Crippen molar-refractivity contribution in [3.8, 4) is 0 Å². The zero-order chi connectivity index (χ0) is 13.0. The molecule has 0 aliphatic heterocycles. The fourth-order valence-corrected chi connectivity index (χ4v) is 2.13. The molecule has 2 N–H and O–H groups in total. The average Bonchev–Trinajstić information content (AvgIpc) is 2.96. The first-order chi connectivity index (χ1) is 8.70. The molecule has 0 saturated carbocycles. The molecule has 2 aromatic rings. The molecule has 2 heterocycles. The Bertz CT molecular complexity index is 520. The van der Waals surface area contributed by atoms with Gasteiger partial charge in [-0.2, -0.15) is 5.10 Å². The predicted molar refractivity (Wildman–Crippen MR) is 70.0 cm³/mol. The molecule has 96 valence electrons. The standard InChI is InChI=1S/C11H14BrN5O/c1-2-3-17-6-8(12)4-9(17)11(18)13-5-10-14-7-15-16-10/h4,6-7H,2-3,5H2,1H3,(H,13,18)(H,14,15,16). The molecule has 2 rings (SSSR count). The van der Waals surface area contributed by atoms with Crippen LogP contribution in [0.25, 0.3) is 0 Å². The van der Waals surface area contributed by atoms with E-state index in [4.69, 9.17) is 0 Å². The van der Waals surface area contributed by atoms with E-state index in [1.54, 1.807) is 0 Å². The third-order valence-electron chi connectivity index (χ3n) is 2.44. The van der Waals surface area contributed by atoms with E-state index < -0.39 is 0 Å². The normalized spacial score (nSPS) is 10.6. The summed E-state index contributed by atoms with van der Waals surface area (Å²) in [5.41, 5.74) is 0.642. The molecular formula is C11H14BrN5O. The second-order valence-corrected chi connectivity index (χ2v) is 4.77. The molecule has 0 unspecified atom stereocenters. The van der Waals surface area contributed by atoms with Crippen LogP contribution < -0.4 is 5.32 Å². The first kappa shape index (κ1) is 12.8. The van der Waals surface area contributed by atoms with Gasteiger partial charge >= 0.3 is 0 Å². The van der Waals surface area contributed by atoms with E-state index in [2.05, 4.69) is 43.4 Å². The molecule has 0 bridgehead atoms. The topological polar surface area (TPSA) is 75.6 Å². The third kappa shape index (κ3) is 2.98. The van der Waals surface area contributed by atoms with Gasteiger partial charge in [0, 0.05) is 17.2 Å². The zero-order valence-corrected chi connectivity index (χ0v) is 11.6. The van der Waals surface area contributed by atoms with E-state index >= 15 is 0 Å². The van der Waals surface area contributed by atoms with E-state index in [1.165, 1.54) is 6.33 Å². The Morgan fingerprint density at radius 2 is 2.44 bits per heavy atom. The highest BCUT2D eigenvalue weighted by Gasteiger charge is 2.12. The number of amides is 1. The van der Waals surface area contributed by atoms with Gasteiger partial charge in [0.15, 0.2) is 0 Å². The number of H-pyrrole nitrogens is 1. The number of carbonyl (C=O) groups excluding carboxylic acids is 1. The van der Waals surface area contributed by atoms with Crippen molar-refractivity contribution in [3.63, 3.8) is 0 Å². The van der Waals surface area contributed by atoms with Crippen molar-refractivity contribution in [2.45, 2.75) is 26.4 Å². The van der Waals surface area contributed by atoms with Gasteiger partial charge in [0.25, 0.3) is 5.91 Å². The van der Waals surface area contributed by atoms with E-state index in [9.17, 15) is 4.79 Å². The highest BCUT2D eigenvalue weighted by molar-refractivity contribution is 9.10. The van der Waals surface area contributed by atoms with Crippen LogP contribution in [0.3, 0.4) is 0 Å². The van der Waals surface area contributed by atoms with Gasteiger partial charge in [-0.3, -0.25) is 9.89 Å². The second kappa shape index (κ2) is 5.81. The maximum absolute atomic E-state index is 12.0. The van der Waals surface area contributed by atoms with Crippen LogP contribution >= 0.6 is 15.9 Å². The number of carbonyl (C=O) groups is 1. The van der Waals surface area contributed by atoms with E-state index in [0.29, 0.717) is 18.1 Å². The SMILES string of the molecule is CCCn1cc(Br)cc1C(=O)NCc1ncn[nH]1. The van der Waals surface area contributed by atoms with Crippen LogP contribution in [0.2, 0.25) is 0 Å². The molecule has 0 atom stereocenters. The summed E-state index contributed by atoms with van der Waals surface area (Å²) in [6.45, 7) is 3.23. The molecule has 0 radical (unpaired) electrons. The summed E-state index contributed by atoms with van der Waals surface area (Å²) in [6, 6.07) is 1.81. The number of aromatic nitrogens is 4. The van der Waals surface area contributed by atoms with Crippen molar-refractivity contribution < 1.29 is 4.79 Å². The summed E-state index contributed by atoms with van der Waals surface area (Å²) in [5.74, 6) is 0.515. The summed E-state index contributed by atoms with van der Waals surface area (Å²) in [7, 11) is 0. The molecule has 0 saturated heterocycles. The average molecular weight is 312 g/mol. The number of halogens is 1. The molecule has 18 heavy (non-hydrogen) atoms. The minimum Gasteiger partial charge on any atom is -0.343 e. The number of nitrogens with one attached hydrogen (secondary N) is 2. The third-order valence-corrected chi connectivity index (χ3v) is 2.88. The van der Waals surface area contributed by atoms with Crippen molar-refractivity contribution in [1.29, 1.82) is 0 Å². The van der Waals surface area contributed by atoms with Crippen LogP contribution in [0.4, 0.5) is 0 Å². The minimum absolute atomic E-state index is 0.120. The predicted octanol–water partition coefficient (Wildman–Crippen LogP) is 1.71. The lowest BCUT2D eigenvalue weighted by Crippen LogP contribution is -2.25. The molecule has 1 amide bonds. The van der Waals surface area contributed by atoms with Crippen molar-refractivity contribution >= 4 is 21.8 Å². The molecule has 0 aliphatic rings. The van der Waals surface area contributed by atoms with Gasteiger partial charge in [-0.1, -0.05) is 6.92 Å². The molecule has 0 aliphatic carbocycles. The van der Waals surface area contributed by atoms with Gasteiger partial charge in [0.1, 0.15) is 17.8 Å². The van der Waals surface area contributed by atoms with Gasteiger partial charge in [-0.15, -0.1) is 0 Å². The maximum atomic E-state index is 12.0. The van der Waals surface area contributed by atoms with Crippen molar-refractivity contribution in [2.24, 2.45) is 0 Å². The van der Waals surface area contributed by atoms with Crippen molar-refractivity contribution in [1.82, 2.24) is 25.1 Å². The Balaban J connectivity index is 2.03. The van der Waals surface area contributed by atoms with Crippen LogP contribution in [0.15, 0.2) is 23.1 Å². The number of hydrogen-bond donors (Lipinski definition) is 2. The quantitative estimate of drug-likeness (QED) is 0.882. The highest BCUT2D eigenvalue weighted by atomic mass is 79.9. The lowest BCUT2D eigenvalue weighted by Gasteiger charge is -2.07. The highest BCUT2D eigenvalue weighted by Crippen LogP contribution is 2.15. The van der Waals surface area contributed by atoms with Gasteiger partial charge in [0.05, 0.1) is 6.54 Å². The number of hydrogen-bond acceptors (Lipinski definition) is 3. The lowest BCUT2D eigenvalue weighted by atomic mass is 10.3. The largest absolute Gasteiger partial charge is 0.343 e. The van der Waals surface area contributed by atoms with Crippen LogP contribution in [0.5, 0.6) is 0 Å². The molecule has 0 aromatic carbocycles. The van der Waals surface area contributed by atoms with Gasteiger partial charge in [0.2, 0.25) is 0 Å². The van der Waals surface area contributed by atoms with Gasteiger partial charge < -0.3 is 9.88 Å². The Morgan fingerprint density at radius 3 is 3.11 bits per heavy atom. The fourth-order valence-electron chi connectivity index (χ4n) is 1.66. The summed E-state index contributed by atoms with van der Waals surface area (Å²) < 4.78 is 2.83. The monoisotopic (exact) mass is 311 g/mol. The minimum atomic E-state index is -0.120. The van der Waals surface area contributed by atoms with Crippen LogP contribution in [-0.4, -0.2) is 25.7 Å². The summed E-state index contributed by atoms with van der Waals surface area (Å²) in [4.78, 5) is 16.0. The summed E-state index contributed by atoms with van der Waals surface area (Å²) in [5, 5.41) is 9.22. The Hall–Kier alpha value is -1.63. The molecule has 2 aromatic heterocycles. The fraction of sp³-hybridized carbons (Fsp3) is 0.364. The number of nitrogens with zero attached hydrogens (tertiary/aromatic N) is 3. The Kier molecular flexibility index (Phi) is 4.14. The molecule has 7 heteroatoms. The first-order valence-corrected chi connectivity index (χ1v) is 6.48. The molecule has 0 spiro atoms. The van der Waals surface area contributed by atoms with E-state index in [-0.39, 0.29) is 5.91 Å². The van der Waals surface area contributed by atoms with E-state index in [0.717, 1.165) is 17.4 Å². The Morgan fingerprint density at radius 1 is 1.61 bits per heavy atom. The van der Waals surface area contributed by atoms with Crippen LogP contribution in [-0.2, 0) is 13.1 Å². The smallest absolute Gasteiger partial charge is 0.268 e. The van der Waals surface area contributed by atoms with Gasteiger partial charge in [-0.05, 0) is 28.4 Å². The van der Waals surface area contributed by atoms with Crippen molar-refractivity contribution in [2.75, 3.05) is 0 Å². The summed E-state index contributed by atoms with van der Waals surface area (Å²) in [6.07, 6.45) is 4.30. The molecule has 6 nitrogen and oxygen atoms in total. The lowest BCUT2D eigenvalue weighted by molar-refractivity contribution is 0.0940.